The van der Waals surface area contributed by atoms with Gasteiger partial charge in [0.1, 0.15) is 11.5 Å². The Morgan fingerprint density at radius 1 is 1.28 bits per heavy atom. The largest absolute Gasteiger partial charge is 0.495 e. The molecule has 5 N–H and O–H groups in total. The normalized spacial score (nSPS) is 13.6. The van der Waals surface area contributed by atoms with Crippen molar-refractivity contribution >= 4 is 17.4 Å². The number of hydrogen-bond donors (Lipinski definition) is 3. The van der Waals surface area contributed by atoms with Crippen molar-refractivity contribution in [1.82, 2.24) is 9.97 Å². The molecule has 1 aromatic carbocycles. The van der Waals surface area contributed by atoms with Gasteiger partial charge in [-0.3, -0.25) is 5.73 Å². The van der Waals surface area contributed by atoms with Gasteiger partial charge in [0.2, 0.25) is 0 Å². The average molecular weight is 367 g/mol. The van der Waals surface area contributed by atoms with Crippen molar-refractivity contribution < 1.29 is 14.6 Å². The van der Waals surface area contributed by atoms with Crippen LogP contribution in [0.2, 0.25) is 5.02 Å². The van der Waals surface area contributed by atoms with E-state index in [-0.39, 0.29) is 29.7 Å². The lowest BCUT2D eigenvalue weighted by Crippen LogP contribution is -2.37. The zero-order chi connectivity index (χ0) is 18.8. The lowest BCUT2D eigenvalue weighted by atomic mass is 10.0. The van der Waals surface area contributed by atoms with E-state index in [4.69, 9.17) is 32.5 Å². The minimum atomic E-state index is -1.64. The summed E-state index contributed by atoms with van der Waals surface area (Å²) in [5.41, 5.74) is 10.9. The van der Waals surface area contributed by atoms with Crippen LogP contribution in [0, 0.1) is 0 Å². The van der Waals surface area contributed by atoms with Crippen LogP contribution in [0.5, 0.6) is 17.2 Å². The summed E-state index contributed by atoms with van der Waals surface area (Å²) in [7, 11) is 1.55. The van der Waals surface area contributed by atoms with Gasteiger partial charge in [0, 0.05) is 11.6 Å². The predicted molar refractivity (Wildman–Crippen MR) is 97.0 cm³/mol. The van der Waals surface area contributed by atoms with Crippen molar-refractivity contribution in [2.75, 3.05) is 12.8 Å². The van der Waals surface area contributed by atoms with Gasteiger partial charge in [-0.25, -0.2) is 9.97 Å². The van der Waals surface area contributed by atoms with Crippen LogP contribution in [-0.2, 0) is 5.72 Å². The van der Waals surface area contributed by atoms with E-state index in [0.717, 1.165) is 5.56 Å². The summed E-state index contributed by atoms with van der Waals surface area (Å²) in [6, 6.07) is 3.48. The molecule has 25 heavy (non-hydrogen) atoms. The van der Waals surface area contributed by atoms with E-state index in [0.29, 0.717) is 16.5 Å². The van der Waals surface area contributed by atoms with Gasteiger partial charge in [-0.05, 0) is 18.4 Å². The number of anilines is 1. The van der Waals surface area contributed by atoms with Crippen LogP contribution in [-0.4, -0.2) is 22.2 Å². The third-order valence-corrected chi connectivity index (χ3v) is 4.13. The summed E-state index contributed by atoms with van der Waals surface area (Å²) in [4.78, 5) is 8.11. The molecule has 1 atom stereocenters. The molecule has 0 unspecified atom stereocenters. The van der Waals surface area contributed by atoms with Gasteiger partial charge in [0.25, 0.3) is 0 Å². The average Bonchev–Trinajstić information content (AvgIpc) is 2.56. The monoisotopic (exact) mass is 366 g/mol. The van der Waals surface area contributed by atoms with E-state index in [1.165, 1.54) is 6.20 Å². The highest BCUT2D eigenvalue weighted by Gasteiger charge is 2.26. The van der Waals surface area contributed by atoms with Crippen molar-refractivity contribution in [2.24, 2.45) is 5.73 Å². The number of methoxy groups -OCH3 is 1. The van der Waals surface area contributed by atoms with E-state index < -0.39 is 5.72 Å². The molecule has 2 rings (SSSR count). The van der Waals surface area contributed by atoms with Crippen LogP contribution in [0.25, 0.3) is 0 Å². The van der Waals surface area contributed by atoms with Crippen LogP contribution in [0.1, 0.15) is 44.5 Å². The highest BCUT2D eigenvalue weighted by molar-refractivity contribution is 6.32. The van der Waals surface area contributed by atoms with Crippen molar-refractivity contribution in [3.8, 4) is 17.2 Å². The summed E-state index contributed by atoms with van der Waals surface area (Å²) in [6.45, 7) is 5.76. The van der Waals surface area contributed by atoms with Gasteiger partial charge < -0.3 is 20.3 Å². The summed E-state index contributed by atoms with van der Waals surface area (Å²) in [5, 5.41) is 10.5. The molecule has 0 fully saturated rings. The molecule has 8 heteroatoms. The minimum Gasteiger partial charge on any atom is -0.495 e. The smallest absolute Gasteiger partial charge is 0.187 e. The third kappa shape index (κ3) is 4.12. The Bertz CT molecular complexity index is 766. The number of ether oxygens (including phenoxy) is 2. The number of nitrogen functional groups attached to an aromatic ring is 1. The van der Waals surface area contributed by atoms with E-state index in [2.05, 4.69) is 9.97 Å². The molecule has 0 spiro atoms. The zero-order valence-electron chi connectivity index (χ0n) is 14.7. The lowest BCUT2D eigenvalue weighted by Gasteiger charge is -2.20. The Balaban J connectivity index is 2.41. The zero-order valence-corrected chi connectivity index (χ0v) is 15.5. The first-order valence-electron chi connectivity index (χ1n) is 7.89. The highest BCUT2D eigenvalue weighted by atomic mass is 35.5. The molecule has 0 aliphatic rings. The molecular formula is C17H23ClN4O3. The van der Waals surface area contributed by atoms with Crippen LogP contribution in [0.3, 0.4) is 0 Å². The van der Waals surface area contributed by atoms with Crippen LogP contribution in [0.4, 0.5) is 5.82 Å². The molecular weight excluding hydrogens is 344 g/mol. The number of aromatic nitrogens is 2. The van der Waals surface area contributed by atoms with E-state index in [1.54, 1.807) is 20.1 Å². The lowest BCUT2D eigenvalue weighted by molar-refractivity contribution is 0.0302. The Labute approximate surface area is 151 Å². The first kappa shape index (κ1) is 19.2. The highest BCUT2D eigenvalue weighted by Crippen LogP contribution is 2.39. The number of nitrogens with zero attached hydrogens (tertiary/aromatic N) is 2. The Morgan fingerprint density at radius 3 is 2.48 bits per heavy atom. The summed E-state index contributed by atoms with van der Waals surface area (Å²) in [6.07, 6.45) is 1.63. The van der Waals surface area contributed by atoms with Crippen LogP contribution in [0.15, 0.2) is 18.3 Å². The van der Waals surface area contributed by atoms with Gasteiger partial charge in [-0.2, -0.15) is 0 Å². The molecule has 0 amide bonds. The first-order chi connectivity index (χ1) is 11.7. The van der Waals surface area contributed by atoms with E-state index in [1.807, 2.05) is 19.9 Å². The Morgan fingerprint density at radius 2 is 1.96 bits per heavy atom. The number of hydrogen-bond acceptors (Lipinski definition) is 7. The topological polar surface area (TPSA) is 117 Å². The number of aliphatic hydroxyl groups is 1. The van der Waals surface area contributed by atoms with Crippen molar-refractivity contribution in [2.45, 2.75) is 38.8 Å². The molecule has 2 aromatic rings. The molecule has 7 nitrogen and oxygen atoms in total. The molecule has 136 valence electrons. The fourth-order valence-electron chi connectivity index (χ4n) is 2.19. The first-order valence-corrected chi connectivity index (χ1v) is 8.26. The maximum Gasteiger partial charge on any atom is 0.187 e. The van der Waals surface area contributed by atoms with Gasteiger partial charge in [0.05, 0.1) is 18.3 Å². The SMILES string of the molecule is CC[C@@](N)(O)c1ncc(Oc2cc(Cl)c(OC)cc2C(C)C)c(N)n1. The second-order valence-corrected chi connectivity index (χ2v) is 6.41. The number of nitrogens with two attached hydrogens (primary N) is 2. The minimum absolute atomic E-state index is 0.0386. The maximum atomic E-state index is 10.0. The molecule has 0 saturated heterocycles. The number of halogens is 1. The molecule has 0 aliphatic heterocycles. The van der Waals surface area contributed by atoms with Crippen molar-refractivity contribution in [3.05, 3.63) is 34.7 Å². The number of rotatable bonds is 6. The molecule has 0 bridgehead atoms. The number of benzene rings is 1. The summed E-state index contributed by atoms with van der Waals surface area (Å²) >= 11 is 6.20. The van der Waals surface area contributed by atoms with Crippen molar-refractivity contribution in [1.29, 1.82) is 0 Å². The third-order valence-electron chi connectivity index (χ3n) is 3.84. The maximum absolute atomic E-state index is 10.0. The van der Waals surface area contributed by atoms with Gasteiger partial charge in [-0.1, -0.05) is 32.4 Å². The molecule has 0 saturated carbocycles. The predicted octanol–water partition coefficient (Wildman–Crippen LogP) is 3.15. The molecule has 0 aliphatic carbocycles. The van der Waals surface area contributed by atoms with Crippen LogP contribution < -0.4 is 20.9 Å². The van der Waals surface area contributed by atoms with Gasteiger partial charge in [-0.15, -0.1) is 0 Å². The quantitative estimate of drug-likeness (QED) is 0.672. The standard InChI is InChI=1S/C17H23ClN4O3/c1-5-17(20,23)16-21-8-14(15(19)22-16)25-12-7-11(18)13(24-4)6-10(12)9(2)3/h6-9,23H,5,20H2,1-4H3,(H2,19,21,22)/t17-/m1/s1. The Kier molecular flexibility index (Phi) is 5.72. The van der Waals surface area contributed by atoms with Crippen LogP contribution >= 0.6 is 11.6 Å². The van der Waals surface area contributed by atoms with E-state index in [9.17, 15) is 5.11 Å². The molecule has 0 radical (unpaired) electrons. The van der Waals surface area contributed by atoms with Crippen molar-refractivity contribution in [3.63, 3.8) is 0 Å². The summed E-state index contributed by atoms with van der Waals surface area (Å²) in [5.74, 6) is 1.62. The van der Waals surface area contributed by atoms with E-state index >= 15 is 0 Å². The molecule has 1 heterocycles. The van der Waals surface area contributed by atoms with Gasteiger partial charge in [0.15, 0.2) is 23.1 Å². The fourth-order valence-corrected chi connectivity index (χ4v) is 2.43. The second kappa shape index (κ2) is 7.43. The second-order valence-electron chi connectivity index (χ2n) is 6.00. The van der Waals surface area contributed by atoms with Gasteiger partial charge >= 0.3 is 0 Å². The Hall–Kier alpha value is -2.09. The summed E-state index contributed by atoms with van der Waals surface area (Å²) < 4.78 is 11.1. The molecule has 1 aromatic heterocycles. The fraction of sp³-hybridized carbons (Fsp3) is 0.412.